The molecule has 0 radical (unpaired) electrons. The molecule has 0 fully saturated rings. The van der Waals surface area contributed by atoms with Crippen LogP contribution in [0.15, 0.2) is 0 Å². The Morgan fingerprint density at radius 2 is 0.512 bits per heavy atom. The van der Waals surface area contributed by atoms with Gasteiger partial charge in [0, 0.05) is 5.41 Å². The summed E-state index contributed by atoms with van der Waals surface area (Å²) in [4.78, 5) is 0. The third kappa shape index (κ3) is 21.2. The van der Waals surface area contributed by atoms with E-state index in [9.17, 15) is 33.7 Å². The molecule has 12 heteroatoms. The Morgan fingerprint density at radius 1 is 0.317 bits per heavy atom. The van der Waals surface area contributed by atoms with Crippen LogP contribution in [0.1, 0.15) is 130 Å². The predicted octanol–water partition coefficient (Wildman–Crippen LogP) is 5.95. The molecule has 0 unspecified atom stereocenters. The Bertz CT molecular complexity index is 928. The highest BCUT2D eigenvalue weighted by Crippen LogP contribution is 2.30. The van der Waals surface area contributed by atoms with Crippen molar-refractivity contribution in [1.82, 2.24) is 0 Å². The minimum atomic E-state index is -3.92. The van der Waals surface area contributed by atoms with E-state index in [1.165, 1.54) is 0 Å². The highest BCUT2D eigenvalue weighted by Gasteiger charge is 2.45. The minimum Gasteiger partial charge on any atom is -0.229 e. The van der Waals surface area contributed by atoms with E-state index in [-0.39, 0.29) is 23.0 Å². The van der Waals surface area contributed by atoms with Crippen LogP contribution >= 0.6 is 0 Å². The fourth-order valence-electron chi connectivity index (χ4n) is 5.40. The zero-order valence-corrected chi connectivity index (χ0v) is 29.6. The molecule has 0 atom stereocenters. The predicted molar refractivity (Wildman–Crippen MR) is 174 cm³/mol. The van der Waals surface area contributed by atoms with Gasteiger partial charge < -0.3 is 0 Å². The van der Waals surface area contributed by atoms with Crippen LogP contribution in [0.4, 0.5) is 0 Å². The molecule has 0 saturated carbocycles. The monoisotopic (exact) mass is 664 g/mol. The number of hydrogen-bond acceptors (Lipinski definition) is 8. The minimum absolute atomic E-state index is 0.210. The summed E-state index contributed by atoms with van der Waals surface area (Å²) in [5.74, 6) is -3.83. The van der Waals surface area contributed by atoms with Crippen LogP contribution in [0.2, 0.25) is 0 Å². The SMILES string of the molecule is CCCCCCS(=O)(=O)CC(CS(=O)(=O)CCCCCC)(CS(=O)(=O)CCCCCC)CS(=O)(=O)CCCCCC. The molecule has 0 aromatic heterocycles. The molecule has 8 nitrogen and oxygen atoms in total. The lowest BCUT2D eigenvalue weighted by atomic mass is 9.99. The van der Waals surface area contributed by atoms with Gasteiger partial charge in [-0.15, -0.1) is 0 Å². The molecule has 0 saturated heterocycles. The van der Waals surface area contributed by atoms with E-state index in [4.69, 9.17) is 0 Å². The first kappa shape index (κ1) is 40.8. The van der Waals surface area contributed by atoms with Gasteiger partial charge in [-0.05, 0) is 25.7 Å². The second-order valence-electron chi connectivity index (χ2n) is 12.1. The maximum absolute atomic E-state index is 13.4. The van der Waals surface area contributed by atoms with E-state index in [2.05, 4.69) is 0 Å². The summed E-state index contributed by atoms with van der Waals surface area (Å²) >= 11 is 0. The lowest BCUT2D eigenvalue weighted by molar-refractivity contribution is 0.446. The molecule has 0 spiro atoms. The molecule has 0 aliphatic carbocycles. The van der Waals surface area contributed by atoms with E-state index in [1.807, 2.05) is 27.7 Å². The van der Waals surface area contributed by atoms with Gasteiger partial charge >= 0.3 is 0 Å². The Balaban J connectivity index is 6.49. The number of unbranched alkanes of at least 4 members (excludes halogenated alkanes) is 12. The van der Waals surface area contributed by atoms with Crippen LogP contribution in [0, 0.1) is 5.41 Å². The normalized spacial score (nSPS) is 13.6. The van der Waals surface area contributed by atoms with Crippen LogP contribution in [0.3, 0.4) is 0 Å². The highest BCUT2D eigenvalue weighted by atomic mass is 32.2. The first-order valence-corrected chi connectivity index (χ1v) is 23.2. The lowest BCUT2D eigenvalue weighted by Gasteiger charge is -2.33. The van der Waals surface area contributed by atoms with Crippen LogP contribution in [-0.4, -0.2) is 79.7 Å². The Hall–Kier alpha value is -0.200. The summed E-state index contributed by atoms with van der Waals surface area (Å²) in [5.41, 5.74) is -1.93. The summed E-state index contributed by atoms with van der Waals surface area (Å²) in [7, 11) is -15.7. The molecule has 0 rings (SSSR count). The molecule has 0 N–H and O–H groups in total. The standard InChI is InChI=1S/C29H60O8S4/c1-5-9-13-17-21-38(30,31)25-29(26-39(32,33)22-18-14-10-6-2,27-40(34,35)23-19-15-11-7-3)28-41(36,37)24-20-16-12-8-4/h5-28H2,1-4H3. The van der Waals surface area contributed by atoms with Crippen LogP contribution in [-0.2, 0) is 39.3 Å². The van der Waals surface area contributed by atoms with E-state index < -0.39 is 67.8 Å². The number of hydrogen-bond donors (Lipinski definition) is 0. The third-order valence-corrected chi connectivity index (χ3v) is 15.2. The van der Waals surface area contributed by atoms with Gasteiger partial charge in [0.25, 0.3) is 0 Å². The van der Waals surface area contributed by atoms with Crippen molar-refractivity contribution in [3.63, 3.8) is 0 Å². The summed E-state index contributed by atoms with van der Waals surface area (Å²) < 4.78 is 107. The quantitative estimate of drug-likeness (QED) is 0.0936. The van der Waals surface area contributed by atoms with Gasteiger partial charge in [-0.3, -0.25) is 0 Å². The Labute approximate surface area is 253 Å². The van der Waals surface area contributed by atoms with Crippen LogP contribution < -0.4 is 0 Å². The first-order chi connectivity index (χ1) is 19.1. The van der Waals surface area contributed by atoms with Crippen molar-refractivity contribution in [2.24, 2.45) is 5.41 Å². The fraction of sp³-hybridized carbons (Fsp3) is 1.00. The average Bonchev–Trinajstić information content (AvgIpc) is 2.83. The third-order valence-electron chi connectivity index (χ3n) is 7.34. The second-order valence-corrected chi connectivity index (χ2v) is 20.8. The summed E-state index contributed by atoms with van der Waals surface area (Å²) in [5, 5.41) is 0. The van der Waals surface area contributed by atoms with E-state index >= 15 is 0 Å². The second kappa shape index (κ2) is 20.7. The van der Waals surface area contributed by atoms with E-state index in [1.54, 1.807) is 0 Å². The van der Waals surface area contributed by atoms with Gasteiger partial charge in [-0.25, -0.2) is 33.7 Å². The molecular weight excluding hydrogens is 605 g/mol. The van der Waals surface area contributed by atoms with Gasteiger partial charge in [0.15, 0.2) is 39.3 Å². The van der Waals surface area contributed by atoms with Crippen LogP contribution in [0.5, 0.6) is 0 Å². The van der Waals surface area contributed by atoms with Gasteiger partial charge in [-0.1, -0.05) is 105 Å². The molecule has 41 heavy (non-hydrogen) atoms. The van der Waals surface area contributed by atoms with Gasteiger partial charge in [-0.2, -0.15) is 0 Å². The molecule has 0 aromatic rings. The number of sulfone groups is 4. The van der Waals surface area contributed by atoms with Crippen molar-refractivity contribution in [1.29, 1.82) is 0 Å². The first-order valence-electron chi connectivity index (χ1n) is 15.9. The zero-order chi connectivity index (χ0) is 31.5. The molecule has 0 aliphatic rings. The van der Waals surface area contributed by atoms with Crippen molar-refractivity contribution in [2.45, 2.75) is 130 Å². The molecule has 0 bridgehead atoms. The van der Waals surface area contributed by atoms with Crippen molar-refractivity contribution in [2.75, 3.05) is 46.0 Å². The maximum atomic E-state index is 13.4. The topological polar surface area (TPSA) is 137 Å². The molecular formula is C29H60O8S4. The van der Waals surface area contributed by atoms with Crippen molar-refractivity contribution >= 4 is 39.3 Å². The summed E-state index contributed by atoms with van der Waals surface area (Å²) in [6.07, 6.45) is 11.3. The number of rotatable bonds is 28. The van der Waals surface area contributed by atoms with E-state index in [0.29, 0.717) is 51.4 Å². The summed E-state index contributed by atoms with van der Waals surface area (Å²) in [6, 6.07) is 0. The molecule has 0 aromatic carbocycles. The van der Waals surface area contributed by atoms with E-state index in [0.717, 1.165) is 51.4 Å². The average molecular weight is 665 g/mol. The largest absolute Gasteiger partial charge is 0.229 e. The van der Waals surface area contributed by atoms with Crippen molar-refractivity contribution in [3.8, 4) is 0 Å². The summed E-state index contributed by atoms with van der Waals surface area (Å²) in [6.45, 7) is 8.01. The van der Waals surface area contributed by atoms with Crippen molar-refractivity contribution < 1.29 is 33.7 Å². The van der Waals surface area contributed by atoms with Crippen LogP contribution in [0.25, 0.3) is 0 Å². The van der Waals surface area contributed by atoms with Crippen molar-refractivity contribution in [3.05, 3.63) is 0 Å². The van der Waals surface area contributed by atoms with Gasteiger partial charge in [0.05, 0.1) is 46.0 Å². The van der Waals surface area contributed by atoms with Gasteiger partial charge in [0.2, 0.25) is 0 Å². The zero-order valence-electron chi connectivity index (χ0n) is 26.4. The molecule has 0 heterocycles. The highest BCUT2D eigenvalue weighted by molar-refractivity contribution is 7.94. The lowest BCUT2D eigenvalue weighted by Crippen LogP contribution is -2.49. The Morgan fingerprint density at radius 3 is 0.683 bits per heavy atom. The maximum Gasteiger partial charge on any atom is 0.150 e. The molecule has 248 valence electrons. The molecule has 0 aliphatic heterocycles. The smallest absolute Gasteiger partial charge is 0.150 e. The Kier molecular flexibility index (Phi) is 20.6. The van der Waals surface area contributed by atoms with Gasteiger partial charge in [0.1, 0.15) is 0 Å². The molecule has 0 amide bonds. The fourth-order valence-corrected chi connectivity index (χ4v) is 14.3.